The Morgan fingerprint density at radius 2 is 2.38 bits per heavy atom. The molecule has 0 aromatic carbocycles. The van der Waals surface area contributed by atoms with Crippen molar-refractivity contribution in [2.75, 3.05) is 26.8 Å². The van der Waals surface area contributed by atoms with E-state index < -0.39 is 0 Å². The minimum Gasteiger partial charge on any atom is -0.465 e. The van der Waals surface area contributed by atoms with Crippen LogP contribution in [0.5, 0.6) is 0 Å². The zero-order valence-electron chi connectivity index (χ0n) is 9.60. The second-order valence-corrected chi connectivity index (χ2v) is 4.28. The highest BCUT2D eigenvalue weighted by Crippen LogP contribution is 2.19. The highest BCUT2D eigenvalue weighted by molar-refractivity contribution is 7.12. The van der Waals surface area contributed by atoms with E-state index in [1.165, 1.54) is 18.4 Å². The number of esters is 1. The maximum atomic E-state index is 11.4. The predicted octanol–water partition coefficient (Wildman–Crippen LogP) is 1.35. The second kappa shape index (κ2) is 6.62. The zero-order valence-corrected chi connectivity index (χ0v) is 10.4. The first kappa shape index (κ1) is 13.2. The van der Waals surface area contributed by atoms with Gasteiger partial charge in [0, 0.05) is 13.1 Å². The van der Waals surface area contributed by atoms with E-state index in [0.717, 1.165) is 12.1 Å². The van der Waals surface area contributed by atoms with E-state index in [0.29, 0.717) is 18.0 Å². The van der Waals surface area contributed by atoms with Crippen LogP contribution < -0.4 is 0 Å². The van der Waals surface area contributed by atoms with Crippen LogP contribution in [0.25, 0.3) is 0 Å². The van der Waals surface area contributed by atoms with E-state index in [9.17, 15) is 4.79 Å². The van der Waals surface area contributed by atoms with Crippen LogP contribution in [0.3, 0.4) is 0 Å². The molecule has 0 aliphatic rings. The van der Waals surface area contributed by atoms with E-state index in [1.54, 1.807) is 0 Å². The number of hydrogen-bond acceptors (Lipinski definition) is 5. The van der Waals surface area contributed by atoms with Crippen molar-refractivity contribution in [3.05, 3.63) is 21.9 Å². The molecule has 0 fully saturated rings. The van der Waals surface area contributed by atoms with Gasteiger partial charge in [0.1, 0.15) is 4.88 Å². The van der Waals surface area contributed by atoms with E-state index in [2.05, 4.69) is 4.90 Å². The molecule has 16 heavy (non-hydrogen) atoms. The number of likely N-dealkylation sites (N-methyl/N-ethyl adjacent to an activating group) is 1. The maximum Gasteiger partial charge on any atom is 0.348 e. The fraction of sp³-hybridized carbons (Fsp3) is 0.545. The van der Waals surface area contributed by atoms with Crippen molar-refractivity contribution in [2.24, 2.45) is 0 Å². The largest absolute Gasteiger partial charge is 0.465 e. The Labute approximate surface area is 99.5 Å². The van der Waals surface area contributed by atoms with Gasteiger partial charge in [0.25, 0.3) is 0 Å². The van der Waals surface area contributed by atoms with Gasteiger partial charge in [-0.25, -0.2) is 4.79 Å². The average Bonchev–Trinajstić information content (AvgIpc) is 2.75. The second-order valence-electron chi connectivity index (χ2n) is 3.36. The van der Waals surface area contributed by atoms with Gasteiger partial charge in [0.15, 0.2) is 0 Å². The molecule has 0 saturated carbocycles. The molecule has 0 saturated heterocycles. The average molecular weight is 243 g/mol. The van der Waals surface area contributed by atoms with E-state index in [1.807, 2.05) is 18.4 Å². The van der Waals surface area contributed by atoms with Gasteiger partial charge in [-0.2, -0.15) is 0 Å². The van der Waals surface area contributed by atoms with Gasteiger partial charge in [-0.1, -0.05) is 6.92 Å². The molecule has 0 spiro atoms. The lowest BCUT2D eigenvalue weighted by molar-refractivity contribution is 0.0604. The van der Waals surface area contributed by atoms with Crippen LogP contribution in [0.15, 0.2) is 11.4 Å². The highest BCUT2D eigenvalue weighted by atomic mass is 32.1. The summed E-state index contributed by atoms with van der Waals surface area (Å²) in [4.78, 5) is 14.2. The summed E-state index contributed by atoms with van der Waals surface area (Å²) in [6, 6.07) is 1.93. The summed E-state index contributed by atoms with van der Waals surface area (Å²) in [6.45, 7) is 4.29. The number of rotatable bonds is 6. The third-order valence-electron chi connectivity index (χ3n) is 2.37. The van der Waals surface area contributed by atoms with Gasteiger partial charge in [0.2, 0.25) is 0 Å². The molecule has 0 unspecified atom stereocenters. The molecule has 0 atom stereocenters. The van der Waals surface area contributed by atoms with Gasteiger partial charge in [-0.15, -0.1) is 11.3 Å². The summed E-state index contributed by atoms with van der Waals surface area (Å²) in [5, 5.41) is 10.8. The predicted molar refractivity (Wildman–Crippen MR) is 63.7 cm³/mol. The summed E-state index contributed by atoms with van der Waals surface area (Å²) in [5.74, 6) is -0.287. The van der Waals surface area contributed by atoms with Crippen LogP contribution in [-0.4, -0.2) is 42.8 Å². The molecular formula is C11H17NO3S. The van der Waals surface area contributed by atoms with E-state index in [4.69, 9.17) is 9.84 Å². The fourth-order valence-electron chi connectivity index (χ4n) is 1.46. The Morgan fingerprint density at radius 3 is 2.94 bits per heavy atom. The molecule has 0 aliphatic carbocycles. The number of methoxy groups -OCH3 is 1. The van der Waals surface area contributed by atoms with Crippen molar-refractivity contribution in [1.82, 2.24) is 4.90 Å². The lowest BCUT2D eigenvalue weighted by Gasteiger charge is -2.18. The summed E-state index contributed by atoms with van der Waals surface area (Å²) < 4.78 is 4.71. The van der Waals surface area contributed by atoms with Crippen molar-refractivity contribution in [3.8, 4) is 0 Å². The minimum atomic E-state index is -0.287. The molecule has 4 nitrogen and oxygen atoms in total. The van der Waals surface area contributed by atoms with Crippen LogP contribution in [-0.2, 0) is 11.3 Å². The topological polar surface area (TPSA) is 49.8 Å². The Kier molecular flexibility index (Phi) is 5.45. The number of nitrogens with zero attached hydrogens (tertiary/aromatic N) is 1. The summed E-state index contributed by atoms with van der Waals surface area (Å²) >= 11 is 1.39. The van der Waals surface area contributed by atoms with Crippen molar-refractivity contribution in [3.63, 3.8) is 0 Å². The molecule has 5 heteroatoms. The van der Waals surface area contributed by atoms with Crippen molar-refractivity contribution >= 4 is 17.3 Å². The van der Waals surface area contributed by atoms with Crippen LogP contribution in [0.4, 0.5) is 0 Å². The highest BCUT2D eigenvalue weighted by Gasteiger charge is 2.15. The van der Waals surface area contributed by atoms with Gasteiger partial charge in [0.05, 0.1) is 13.7 Å². The van der Waals surface area contributed by atoms with Crippen LogP contribution in [0.1, 0.15) is 22.2 Å². The number of thiophene rings is 1. The molecule has 1 aromatic heterocycles. The van der Waals surface area contributed by atoms with Crippen LogP contribution >= 0.6 is 11.3 Å². The smallest absolute Gasteiger partial charge is 0.348 e. The maximum absolute atomic E-state index is 11.4. The SMILES string of the molecule is CCN(CCO)Cc1ccsc1C(=O)OC. The van der Waals surface area contributed by atoms with Gasteiger partial charge in [-0.05, 0) is 23.6 Å². The Hall–Kier alpha value is -0.910. The van der Waals surface area contributed by atoms with Crippen LogP contribution in [0, 0.1) is 0 Å². The summed E-state index contributed by atoms with van der Waals surface area (Å²) in [5.41, 5.74) is 0.965. The van der Waals surface area contributed by atoms with Crippen molar-refractivity contribution in [1.29, 1.82) is 0 Å². The standard InChI is InChI=1S/C11H17NO3S/c1-3-12(5-6-13)8-9-4-7-16-10(9)11(14)15-2/h4,7,13H,3,5-6,8H2,1-2H3. The van der Waals surface area contributed by atoms with E-state index >= 15 is 0 Å². The molecule has 1 aromatic rings. The summed E-state index contributed by atoms with van der Waals surface area (Å²) in [7, 11) is 1.39. The van der Waals surface area contributed by atoms with Crippen molar-refractivity contribution < 1.29 is 14.6 Å². The molecule has 1 heterocycles. The number of hydrogen-bond donors (Lipinski definition) is 1. The molecule has 0 amide bonds. The molecule has 1 rings (SSSR count). The Bertz CT molecular complexity index is 338. The molecule has 0 bridgehead atoms. The molecular weight excluding hydrogens is 226 g/mol. The number of carbonyl (C=O) groups is 1. The minimum absolute atomic E-state index is 0.130. The molecule has 0 aliphatic heterocycles. The lowest BCUT2D eigenvalue weighted by Crippen LogP contribution is -2.26. The number of carbonyl (C=O) groups excluding carboxylic acids is 1. The molecule has 1 N–H and O–H groups in total. The number of aliphatic hydroxyl groups is 1. The lowest BCUT2D eigenvalue weighted by atomic mass is 10.2. The van der Waals surface area contributed by atoms with Crippen LogP contribution in [0.2, 0.25) is 0 Å². The Balaban J connectivity index is 2.72. The molecule has 0 radical (unpaired) electrons. The Morgan fingerprint density at radius 1 is 1.62 bits per heavy atom. The van der Waals surface area contributed by atoms with E-state index in [-0.39, 0.29) is 12.6 Å². The number of ether oxygens (including phenoxy) is 1. The zero-order chi connectivity index (χ0) is 12.0. The van der Waals surface area contributed by atoms with Crippen molar-refractivity contribution in [2.45, 2.75) is 13.5 Å². The van der Waals surface area contributed by atoms with Gasteiger partial charge in [-0.3, -0.25) is 4.90 Å². The first-order chi connectivity index (χ1) is 7.72. The third kappa shape index (κ3) is 3.30. The first-order valence-corrected chi connectivity index (χ1v) is 6.08. The third-order valence-corrected chi connectivity index (χ3v) is 3.31. The quantitative estimate of drug-likeness (QED) is 0.766. The first-order valence-electron chi connectivity index (χ1n) is 5.20. The molecule has 90 valence electrons. The normalized spacial score (nSPS) is 10.8. The van der Waals surface area contributed by atoms with Gasteiger partial charge < -0.3 is 9.84 Å². The fourth-order valence-corrected chi connectivity index (χ4v) is 2.30. The monoisotopic (exact) mass is 243 g/mol. The van der Waals surface area contributed by atoms with Gasteiger partial charge >= 0.3 is 5.97 Å². The summed E-state index contributed by atoms with van der Waals surface area (Å²) in [6.07, 6.45) is 0. The number of aliphatic hydroxyl groups excluding tert-OH is 1.